The lowest BCUT2D eigenvalue weighted by molar-refractivity contribution is 0.508. The maximum absolute atomic E-state index is 12.7. The topological polar surface area (TPSA) is 0 Å². The van der Waals surface area contributed by atoms with Crippen LogP contribution in [-0.4, -0.2) is 0 Å². The summed E-state index contributed by atoms with van der Waals surface area (Å²) in [5.41, 5.74) is 1.66. The fraction of sp³-hybridized carbons (Fsp3) is 0.200. The third kappa shape index (κ3) is 1.70. The Balaban J connectivity index is 3.13. The first-order valence-electron chi connectivity index (χ1n) is 3.73. The molecule has 12 heavy (non-hydrogen) atoms. The van der Waals surface area contributed by atoms with Gasteiger partial charge in [-0.1, -0.05) is 12.1 Å². The molecular formula is C10H10F2. The van der Waals surface area contributed by atoms with E-state index >= 15 is 0 Å². The molecule has 0 radical (unpaired) electrons. The number of hydrogen-bond donors (Lipinski definition) is 0. The molecule has 0 saturated carbocycles. The predicted octanol–water partition coefficient (Wildman–Crippen LogP) is 3.39. The van der Waals surface area contributed by atoms with Crippen molar-refractivity contribution in [3.05, 3.63) is 41.5 Å². The van der Waals surface area contributed by atoms with Crippen LogP contribution in [0.2, 0.25) is 0 Å². The molecule has 0 aliphatic carbocycles. The van der Waals surface area contributed by atoms with Crippen LogP contribution in [0, 0.1) is 11.6 Å². The molecule has 0 bridgehead atoms. The molecule has 0 unspecified atom stereocenters. The highest BCUT2D eigenvalue weighted by Crippen LogP contribution is 2.16. The highest BCUT2D eigenvalue weighted by Gasteiger charge is 2.02. The average Bonchev–Trinajstić information content (AvgIpc) is 2.08. The number of benzene rings is 1. The van der Waals surface area contributed by atoms with Crippen LogP contribution in [0.4, 0.5) is 8.78 Å². The maximum atomic E-state index is 12.7. The SMILES string of the molecule is C/C=C(/C)c1ccc(F)c(F)c1. The monoisotopic (exact) mass is 168 g/mol. The number of hydrogen-bond acceptors (Lipinski definition) is 0. The fourth-order valence-electron chi connectivity index (χ4n) is 0.908. The van der Waals surface area contributed by atoms with Gasteiger partial charge < -0.3 is 0 Å². The Labute approximate surface area is 70.5 Å². The van der Waals surface area contributed by atoms with Crippen molar-refractivity contribution in [1.29, 1.82) is 0 Å². The summed E-state index contributed by atoms with van der Waals surface area (Å²) < 4.78 is 25.1. The van der Waals surface area contributed by atoms with E-state index in [2.05, 4.69) is 0 Å². The lowest BCUT2D eigenvalue weighted by atomic mass is 10.1. The van der Waals surface area contributed by atoms with E-state index in [9.17, 15) is 8.78 Å². The molecule has 1 aromatic rings. The first-order chi connectivity index (χ1) is 5.65. The van der Waals surface area contributed by atoms with Gasteiger partial charge in [-0.3, -0.25) is 0 Å². The van der Waals surface area contributed by atoms with Crippen LogP contribution >= 0.6 is 0 Å². The van der Waals surface area contributed by atoms with E-state index < -0.39 is 11.6 Å². The quantitative estimate of drug-likeness (QED) is 0.603. The number of rotatable bonds is 1. The van der Waals surface area contributed by atoms with Crippen molar-refractivity contribution >= 4 is 5.57 Å². The highest BCUT2D eigenvalue weighted by molar-refractivity contribution is 5.63. The van der Waals surface area contributed by atoms with Crippen molar-refractivity contribution in [2.24, 2.45) is 0 Å². The third-order valence-corrected chi connectivity index (χ3v) is 1.81. The van der Waals surface area contributed by atoms with E-state index in [0.717, 1.165) is 17.2 Å². The van der Waals surface area contributed by atoms with Crippen molar-refractivity contribution in [3.63, 3.8) is 0 Å². The molecule has 0 spiro atoms. The minimum atomic E-state index is -0.803. The molecule has 64 valence electrons. The van der Waals surface area contributed by atoms with Crippen LogP contribution in [0.5, 0.6) is 0 Å². The van der Waals surface area contributed by atoms with Crippen LogP contribution in [0.3, 0.4) is 0 Å². The molecule has 0 heterocycles. The normalized spacial score (nSPS) is 11.8. The van der Waals surface area contributed by atoms with E-state index in [1.807, 2.05) is 19.9 Å². The van der Waals surface area contributed by atoms with Crippen molar-refractivity contribution in [2.75, 3.05) is 0 Å². The molecule has 0 aromatic heterocycles. The van der Waals surface area contributed by atoms with Crippen molar-refractivity contribution in [3.8, 4) is 0 Å². The summed E-state index contributed by atoms with van der Waals surface area (Å²) >= 11 is 0. The Hall–Kier alpha value is -1.18. The van der Waals surface area contributed by atoms with E-state index in [4.69, 9.17) is 0 Å². The van der Waals surface area contributed by atoms with Crippen molar-refractivity contribution in [2.45, 2.75) is 13.8 Å². The summed E-state index contributed by atoms with van der Waals surface area (Å²) in [5, 5.41) is 0. The van der Waals surface area contributed by atoms with Crippen LogP contribution in [0.15, 0.2) is 24.3 Å². The summed E-state index contributed by atoms with van der Waals surface area (Å²) in [4.78, 5) is 0. The summed E-state index contributed by atoms with van der Waals surface area (Å²) in [6, 6.07) is 3.90. The lowest BCUT2D eigenvalue weighted by Gasteiger charge is -2.00. The molecule has 0 amide bonds. The van der Waals surface area contributed by atoms with Crippen molar-refractivity contribution < 1.29 is 8.78 Å². The molecule has 0 N–H and O–H groups in total. The van der Waals surface area contributed by atoms with Gasteiger partial charge in [-0.2, -0.15) is 0 Å². The van der Waals surface area contributed by atoms with Gasteiger partial charge in [0.05, 0.1) is 0 Å². The Morgan fingerprint density at radius 2 is 1.92 bits per heavy atom. The van der Waals surface area contributed by atoms with Gasteiger partial charge in [0, 0.05) is 0 Å². The molecule has 0 saturated heterocycles. The molecule has 0 aliphatic rings. The second kappa shape index (κ2) is 3.48. The van der Waals surface area contributed by atoms with Gasteiger partial charge in [-0.15, -0.1) is 0 Å². The Kier molecular flexibility index (Phi) is 2.58. The predicted molar refractivity (Wildman–Crippen MR) is 45.7 cm³/mol. The van der Waals surface area contributed by atoms with Crippen LogP contribution in [0.25, 0.3) is 5.57 Å². The molecule has 1 rings (SSSR count). The summed E-state index contributed by atoms with van der Waals surface area (Å²) in [5.74, 6) is -1.60. The summed E-state index contributed by atoms with van der Waals surface area (Å²) in [7, 11) is 0. The molecule has 0 aliphatic heterocycles. The van der Waals surface area contributed by atoms with Gasteiger partial charge in [-0.05, 0) is 37.1 Å². The van der Waals surface area contributed by atoms with Gasteiger partial charge in [0.25, 0.3) is 0 Å². The highest BCUT2D eigenvalue weighted by atomic mass is 19.2. The molecular weight excluding hydrogens is 158 g/mol. The Bertz CT molecular complexity index is 314. The number of halogens is 2. The summed E-state index contributed by atoms with van der Waals surface area (Å²) in [6.07, 6.45) is 1.85. The van der Waals surface area contributed by atoms with Crippen LogP contribution < -0.4 is 0 Å². The second-order valence-corrected chi connectivity index (χ2v) is 2.60. The zero-order valence-electron chi connectivity index (χ0n) is 7.07. The van der Waals surface area contributed by atoms with Crippen LogP contribution in [0.1, 0.15) is 19.4 Å². The van der Waals surface area contributed by atoms with Crippen molar-refractivity contribution in [1.82, 2.24) is 0 Å². The average molecular weight is 168 g/mol. The van der Waals surface area contributed by atoms with Gasteiger partial charge in [0.2, 0.25) is 0 Å². The maximum Gasteiger partial charge on any atom is 0.159 e. The first-order valence-corrected chi connectivity index (χ1v) is 3.73. The standard InChI is InChI=1S/C10H10F2/c1-3-7(2)8-4-5-9(11)10(12)6-8/h3-6H,1-2H3/b7-3-. The zero-order valence-corrected chi connectivity index (χ0v) is 7.07. The molecule has 0 fully saturated rings. The minimum absolute atomic E-state index is 0.719. The Morgan fingerprint density at radius 1 is 1.25 bits per heavy atom. The van der Waals surface area contributed by atoms with Crippen LogP contribution in [-0.2, 0) is 0 Å². The largest absolute Gasteiger partial charge is 0.204 e. The van der Waals surface area contributed by atoms with Gasteiger partial charge in [-0.25, -0.2) is 8.78 Å². The second-order valence-electron chi connectivity index (χ2n) is 2.60. The molecule has 0 atom stereocenters. The van der Waals surface area contributed by atoms with E-state index in [1.165, 1.54) is 6.07 Å². The van der Waals surface area contributed by atoms with Gasteiger partial charge in [0.1, 0.15) is 0 Å². The molecule has 0 nitrogen and oxygen atoms in total. The van der Waals surface area contributed by atoms with E-state index in [0.29, 0.717) is 0 Å². The van der Waals surface area contributed by atoms with E-state index in [-0.39, 0.29) is 0 Å². The minimum Gasteiger partial charge on any atom is -0.204 e. The summed E-state index contributed by atoms with van der Waals surface area (Å²) in [6.45, 7) is 3.71. The lowest BCUT2D eigenvalue weighted by Crippen LogP contribution is -1.86. The first kappa shape index (κ1) is 8.91. The number of allylic oxidation sites excluding steroid dienone is 2. The fourth-order valence-corrected chi connectivity index (χ4v) is 0.908. The van der Waals surface area contributed by atoms with Gasteiger partial charge >= 0.3 is 0 Å². The smallest absolute Gasteiger partial charge is 0.159 e. The molecule has 2 heteroatoms. The zero-order chi connectivity index (χ0) is 9.14. The van der Waals surface area contributed by atoms with E-state index in [1.54, 1.807) is 6.07 Å². The molecule has 1 aromatic carbocycles. The van der Waals surface area contributed by atoms with Gasteiger partial charge in [0.15, 0.2) is 11.6 Å². The Morgan fingerprint density at radius 3 is 2.42 bits per heavy atom. The third-order valence-electron chi connectivity index (χ3n) is 1.81.